The van der Waals surface area contributed by atoms with Crippen molar-refractivity contribution in [3.63, 3.8) is 0 Å². The van der Waals surface area contributed by atoms with E-state index >= 15 is 0 Å². The van der Waals surface area contributed by atoms with Crippen LogP contribution in [0.15, 0.2) is 59.3 Å². The maximum atomic E-state index is 10.7. The predicted molar refractivity (Wildman–Crippen MR) is 96.7 cm³/mol. The van der Waals surface area contributed by atoms with Gasteiger partial charge in [-0.05, 0) is 26.3 Å². The molecule has 1 fully saturated rings. The molecule has 0 saturated carbocycles. The molecule has 0 spiro atoms. The molecule has 0 bridgehead atoms. The summed E-state index contributed by atoms with van der Waals surface area (Å²) in [6.45, 7) is 11.1. The molecule has 24 heavy (non-hydrogen) atoms. The van der Waals surface area contributed by atoms with Gasteiger partial charge in [-0.3, -0.25) is 0 Å². The average Bonchev–Trinajstić information content (AvgIpc) is 2.51. The molecule has 1 aliphatic heterocycles. The Kier molecular flexibility index (Phi) is 7.89. The first-order valence-electron chi connectivity index (χ1n) is 8.04. The summed E-state index contributed by atoms with van der Waals surface area (Å²) < 4.78 is 11.4. The van der Waals surface area contributed by atoms with Crippen LogP contribution >= 0.6 is 0 Å². The molecule has 0 unspecified atom stereocenters. The molecule has 0 atom stereocenters. The molecule has 0 amide bonds. The second kappa shape index (κ2) is 9.40. The summed E-state index contributed by atoms with van der Waals surface area (Å²) in [4.78, 5) is 10.7. The van der Waals surface area contributed by atoms with Crippen LogP contribution in [0, 0.1) is 5.41 Å². The number of carbonyl (C=O) groups is 1. The molecule has 1 aliphatic rings. The van der Waals surface area contributed by atoms with E-state index in [0.29, 0.717) is 18.8 Å². The molecule has 1 rings (SSSR count). The van der Waals surface area contributed by atoms with Crippen LogP contribution in [-0.2, 0) is 14.3 Å². The molecular formula is C20H28O4. The highest BCUT2D eigenvalue weighted by atomic mass is 16.7. The van der Waals surface area contributed by atoms with Crippen LogP contribution in [0.2, 0.25) is 0 Å². The smallest absolute Gasteiger partial charge is 0.331 e. The van der Waals surface area contributed by atoms with Crippen molar-refractivity contribution in [1.82, 2.24) is 0 Å². The number of hydrogen-bond donors (Lipinski definition) is 1. The monoisotopic (exact) mass is 332 g/mol. The minimum Gasteiger partial charge on any atom is -0.478 e. The van der Waals surface area contributed by atoms with Gasteiger partial charge < -0.3 is 14.6 Å². The van der Waals surface area contributed by atoms with Crippen LogP contribution in [0.1, 0.15) is 34.6 Å². The summed E-state index contributed by atoms with van der Waals surface area (Å²) in [5, 5.41) is 8.75. The number of ether oxygens (including phenoxy) is 2. The van der Waals surface area contributed by atoms with E-state index in [-0.39, 0.29) is 11.7 Å². The highest BCUT2D eigenvalue weighted by molar-refractivity contribution is 5.86. The fraction of sp³-hybridized carbons (Fsp3) is 0.450. The Morgan fingerprint density at radius 1 is 1.00 bits per heavy atom. The maximum absolute atomic E-state index is 10.7. The Balaban J connectivity index is 2.52. The van der Waals surface area contributed by atoms with Crippen LogP contribution in [0.5, 0.6) is 0 Å². The summed E-state index contributed by atoms with van der Waals surface area (Å²) >= 11 is 0. The van der Waals surface area contributed by atoms with Gasteiger partial charge in [0.2, 0.25) is 0 Å². The third-order valence-electron chi connectivity index (χ3n) is 3.49. The Hall–Kier alpha value is -1.91. The summed E-state index contributed by atoms with van der Waals surface area (Å²) in [6.07, 6.45) is 12.7. The zero-order chi connectivity index (χ0) is 18.2. The number of carboxylic acids is 1. The van der Waals surface area contributed by atoms with E-state index in [9.17, 15) is 4.79 Å². The minimum atomic E-state index is -0.905. The lowest BCUT2D eigenvalue weighted by Gasteiger charge is -2.34. The lowest BCUT2D eigenvalue weighted by Crippen LogP contribution is -2.38. The molecule has 0 aromatic carbocycles. The number of rotatable bonds is 6. The molecule has 0 aliphatic carbocycles. The van der Waals surface area contributed by atoms with Gasteiger partial charge in [0.05, 0.1) is 13.2 Å². The fourth-order valence-corrected chi connectivity index (χ4v) is 1.92. The second-order valence-electron chi connectivity index (χ2n) is 6.84. The van der Waals surface area contributed by atoms with Crippen molar-refractivity contribution >= 4 is 5.97 Å². The van der Waals surface area contributed by atoms with Crippen LogP contribution in [0.25, 0.3) is 0 Å². The Bertz CT molecular complexity index is 579. The van der Waals surface area contributed by atoms with Crippen molar-refractivity contribution in [2.24, 2.45) is 5.41 Å². The molecule has 4 heteroatoms. The van der Waals surface area contributed by atoms with E-state index < -0.39 is 5.97 Å². The normalized spacial score (nSPS) is 21.0. The first kappa shape index (κ1) is 20.1. The molecule has 1 heterocycles. The second-order valence-corrected chi connectivity index (χ2v) is 6.84. The van der Waals surface area contributed by atoms with Crippen molar-refractivity contribution in [2.45, 2.75) is 40.9 Å². The quantitative estimate of drug-likeness (QED) is 0.578. The minimum absolute atomic E-state index is 0.0756. The molecule has 132 valence electrons. The van der Waals surface area contributed by atoms with E-state index in [4.69, 9.17) is 14.6 Å². The van der Waals surface area contributed by atoms with Crippen LogP contribution in [0.3, 0.4) is 0 Å². The first-order valence-corrected chi connectivity index (χ1v) is 8.04. The van der Waals surface area contributed by atoms with E-state index in [2.05, 4.69) is 13.8 Å². The largest absolute Gasteiger partial charge is 0.478 e. The van der Waals surface area contributed by atoms with Gasteiger partial charge in [-0.25, -0.2) is 4.79 Å². The van der Waals surface area contributed by atoms with Gasteiger partial charge in [-0.2, -0.15) is 0 Å². The van der Waals surface area contributed by atoms with Gasteiger partial charge in [0, 0.05) is 11.0 Å². The zero-order valence-electron chi connectivity index (χ0n) is 15.2. The van der Waals surface area contributed by atoms with E-state index in [1.807, 2.05) is 44.2 Å². The number of hydrogen-bond acceptors (Lipinski definition) is 3. The lowest BCUT2D eigenvalue weighted by atomic mass is 9.95. The summed E-state index contributed by atoms with van der Waals surface area (Å²) in [7, 11) is 0. The summed E-state index contributed by atoms with van der Waals surface area (Å²) in [6, 6.07) is 0. The topological polar surface area (TPSA) is 55.8 Å². The molecule has 4 nitrogen and oxygen atoms in total. The van der Waals surface area contributed by atoms with Crippen molar-refractivity contribution in [3.8, 4) is 0 Å². The SMILES string of the molecule is CC(C=CC=C(C)C(=O)O)=CC=CC=C(C)C1OCC(C)(C)CO1. The van der Waals surface area contributed by atoms with Crippen molar-refractivity contribution in [1.29, 1.82) is 0 Å². The summed E-state index contributed by atoms with van der Waals surface area (Å²) in [5.74, 6) is -0.905. The van der Waals surface area contributed by atoms with Crippen molar-refractivity contribution < 1.29 is 19.4 Å². The van der Waals surface area contributed by atoms with E-state index in [0.717, 1.165) is 11.1 Å². The van der Waals surface area contributed by atoms with Gasteiger partial charge in [-0.15, -0.1) is 0 Å². The van der Waals surface area contributed by atoms with Gasteiger partial charge >= 0.3 is 5.97 Å². The maximum Gasteiger partial charge on any atom is 0.331 e. The zero-order valence-corrected chi connectivity index (χ0v) is 15.2. The number of allylic oxidation sites excluding steroid dienone is 8. The molecule has 0 aromatic heterocycles. The molecular weight excluding hydrogens is 304 g/mol. The Labute approximate surface area is 144 Å². The fourth-order valence-electron chi connectivity index (χ4n) is 1.92. The molecule has 0 aromatic rings. The molecule has 0 radical (unpaired) electrons. The molecule has 1 saturated heterocycles. The van der Waals surface area contributed by atoms with Crippen LogP contribution < -0.4 is 0 Å². The third-order valence-corrected chi connectivity index (χ3v) is 3.49. The number of aliphatic carboxylic acids is 1. The third kappa shape index (κ3) is 7.57. The van der Waals surface area contributed by atoms with Crippen LogP contribution in [-0.4, -0.2) is 30.6 Å². The Morgan fingerprint density at radius 3 is 2.17 bits per heavy atom. The van der Waals surface area contributed by atoms with E-state index in [1.165, 1.54) is 0 Å². The standard InChI is InChI=1S/C20H28O4/c1-15(10-8-12-16(2)18(21)22)9-6-7-11-17(3)19-23-13-20(4,5)14-24-19/h6-12,19H,13-14H2,1-5H3,(H,21,22). The average molecular weight is 332 g/mol. The van der Waals surface area contributed by atoms with Gasteiger partial charge in [0.15, 0.2) is 6.29 Å². The number of carboxylic acid groups (broad SMARTS) is 1. The summed E-state index contributed by atoms with van der Waals surface area (Å²) in [5.41, 5.74) is 2.44. The van der Waals surface area contributed by atoms with E-state index in [1.54, 1.807) is 19.1 Å². The van der Waals surface area contributed by atoms with Gasteiger partial charge in [-0.1, -0.05) is 62.0 Å². The Morgan fingerprint density at radius 2 is 1.58 bits per heavy atom. The molecule has 1 N–H and O–H groups in total. The van der Waals surface area contributed by atoms with Gasteiger partial charge in [0.25, 0.3) is 0 Å². The van der Waals surface area contributed by atoms with Crippen LogP contribution in [0.4, 0.5) is 0 Å². The highest BCUT2D eigenvalue weighted by Gasteiger charge is 2.28. The van der Waals surface area contributed by atoms with Gasteiger partial charge in [0.1, 0.15) is 0 Å². The van der Waals surface area contributed by atoms with Crippen molar-refractivity contribution in [3.05, 3.63) is 59.3 Å². The first-order chi connectivity index (χ1) is 11.2. The predicted octanol–water partition coefficient (Wildman–Crippen LogP) is 4.42. The highest BCUT2D eigenvalue weighted by Crippen LogP contribution is 2.25. The lowest BCUT2D eigenvalue weighted by molar-refractivity contribution is -0.202. The van der Waals surface area contributed by atoms with Crippen molar-refractivity contribution in [2.75, 3.05) is 13.2 Å².